The van der Waals surface area contributed by atoms with Gasteiger partial charge in [0.1, 0.15) is 17.0 Å². The summed E-state index contributed by atoms with van der Waals surface area (Å²) in [5.41, 5.74) is 2.03. The molecule has 3 heterocycles. The first-order valence-electron chi connectivity index (χ1n) is 8.50. The monoisotopic (exact) mass is 366 g/mol. The predicted octanol–water partition coefficient (Wildman–Crippen LogP) is 3.60. The standard InChI is InChI=1S/C18H15FN6S/c1-10-2-7-13-14(8-10)26-18-15(13)17(20-9-21-18)25-23-16(22-24-25)11-3-5-12(19)6-4-11/h3-6,9-10H,2,7-8H2,1H3/t10-/m1/s1. The molecule has 0 saturated carbocycles. The SMILES string of the molecule is C[C@@H]1CCc2c(sc3ncnc(-n4nnc(-c5ccc(F)cc5)n4)c23)C1. The molecule has 1 aromatic carbocycles. The zero-order valence-corrected chi connectivity index (χ0v) is 14.9. The van der Waals surface area contributed by atoms with Crippen LogP contribution in [0, 0.1) is 11.7 Å². The van der Waals surface area contributed by atoms with Crippen LogP contribution < -0.4 is 0 Å². The van der Waals surface area contributed by atoms with Crippen LogP contribution in [0.3, 0.4) is 0 Å². The molecule has 3 aromatic heterocycles. The maximum Gasteiger partial charge on any atom is 0.205 e. The van der Waals surface area contributed by atoms with Gasteiger partial charge in [0.05, 0.1) is 5.39 Å². The molecule has 0 bridgehead atoms. The summed E-state index contributed by atoms with van der Waals surface area (Å²) >= 11 is 1.74. The molecule has 1 aliphatic rings. The smallest absolute Gasteiger partial charge is 0.205 e. The fraction of sp³-hybridized carbons (Fsp3) is 0.278. The number of rotatable bonds is 2. The highest BCUT2D eigenvalue weighted by Crippen LogP contribution is 2.38. The maximum absolute atomic E-state index is 13.1. The van der Waals surface area contributed by atoms with Crippen LogP contribution in [-0.4, -0.2) is 30.2 Å². The van der Waals surface area contributed by atoms with Crippen molar-refractivity contribution in [3.63, 3.8) is 0 Å². The lowest BCUT2D eigenvalue weighted by Gasteiger charge is -2.17. The van der Waals surface area contributed by atoms with Crippen molar-refractivity contribution in [3.05, 3.63) is 46.9 Å². The van der Waals surface area contributed by atoms with Crippen LogP contribution in [0.5, 0.6) is 0 Å². The van der Waals surface area contributed by atoms with Gasteiger partial charge < -0.3 is 0 Å². The van der Waals surface area contributed by atoms with E-state index in [9.17, 15) is 4.39 Å². The number of hydrogen-bond donors (Lipinski definition) is 0. The Hall–Kier alpha value is -2.74. The number of fused-ring (bicyclic) bond motifs is 3. The molecule has 6 nitrogen and oxygen atoms in total. The van der Waals surface area contributed by atoms with Crippen molar-refractivity contribution in [1.82, 2.24) is 30.2 Å². The number of halogens is 1. The van der Waals surface area contributed by atoms with Gasteiger partial charge in [-0.1, -0.05) is 6.92 Å². The van der Waals surface area contributed by atoms with Crippen molar-refractivity contribution in [2.75, 3.05) is 0 Å². The Kier molecular flexibility index (Phi) is 3.53. The maximum atomic E-state index is 13.1. The van der Waals surface area contributed by atoms with Gasteiger partial charge in [-0.3, -0.25) is 0 Å². The topological polar surface area (TPSA) is 69.4 Å². The van der Waals surface area contributed by atoms with Gasteiger partial charge in [-0.15, -0.1) is 26.3 Å². The second-order valence-corrected chi connectivity index (χ2v) is 7.72. The van der Waals surface area contributed by atoms with Gasteiger partial charge in [-0.2, -0.15) is 0 Å². The molecule has 5 rings (SSSR count). The van der Waals surface area contributed by atoms with Gasteiger partial charge in [0.15, 0.2) is 5.82 Å². The Morgan fingerprint density at radius 3 is 2.88 bits per heavy atom. The Balaban J connectivity index is 1.63. The molecular weight excluding hydrogens is 351 g/mol. The molecule has 0 spiro atoms. The zero-order valence-electron chi connectivity index (χ0n) is 14.1. The second kappa shape index (κ2) is 5.91. The van der Waals surface area contributed by atoms with Crippen molar-refractivity contribution in [3.8, 4) is 17.2 Å². The van der Waals surface area contributed by atoms with Gasteiger partial charge in [-0.25, -0.2) is 14.4 Å². The van der Waals surface area contributed by atoms with Crippen molar-refractivity contribution < 1.29 is 4.39 Å². The zero-order chi connectivity index (χ0) is 17.7. The largest absolute Gasteiger partial charge is 0.225 e. The summed E-state index contributed by atoms with van der Waals surface area (Å²) in [4.78, 5) is 12.7. The highest BCUT2D eigenvalue weighted by atomic mass is 32.1. The molecule has 0 saturated heterocycles. The first kappa shape index (κ1) is 15.5. The van der Waals surface area contributed by atoms with Crippen LogP contribution in [-0.2, 0) is 12.8 Å². The normalized spacial score (nSPS) is 16.8. The lowest BCUT2D eigenvalue weighted by molar-refractivity contribution is 0.509. The number of nitrogens with zero attached hydrogens (tertiary/aromatic N) is 6. The minimum Gasteiger partial charge on any atom is -0.225 e. The molecule has 0 radical (unpaired) electrons. The summed E-state index contributed by atoms with van der Waals surface area (Å²) in [5.74, 6) is 1.50. The van der Waals surface area contributed by atoms with E-state index in [0.29, 0.717) is 23.1 Å². The fourth-order valence-corrected chi connectivity index (χ4v) is 4.77. The predicted molar refractivity (Wildman–Crippen MR) is 96.7 cm³/mol. The van der Waals surface area contributed by atoms with Crippen LogP contribution in [0.1, 0.15) is 23.8 Å². The van der Waals surface area contributed by atoms with E-state index in [-0.39, 0.29) is 5.82 Å². The van der Waals surface area contributed by atoms with Gasteiger partial charge in [0.25, 0.3) is 0 Å². The quantitative estimate of drug-likeness (QED) is 0.542. The van der Waals surface area contributed by atoms with E-state index >= 15 is 0 Å². The van der Waals surface area contributed by atoms with Crippen molar-refractivity contribution in [2.45, 2.75) is 26.2 Å². The third-order valence-corrected chi connectivity index (χ3v) is 5.94. The highest BCUT2D eigenvalue weighted by Gasteiger charge is 2.24. The van der Waals surface area contributed by atoms with Gasteiger partial charge >= 0.3 is 0 Å². The third-order valence-electron chi connectivity index (χ3n) is 4.78. The van der Waals surface area contributed by atoms with Crippen molar-refractivity contribution >= 4 is 21.6 Å². The first-order chi connectivity index (χ1) is 12.7. The average molecular weight is 366 g/mol. The number of benzene rings is 1. The third kappa shape index (κ3) is 2.48. The molecule has 0 unspecified atom stereocenters. The fourth-order valence-electron chi connectivity index (χ4n) is 3.43. The molecule has 26 heavy (non-hydrogen) atoms. The number of thiophene rings is 1. The summed E-state index contributed by atoms with van der Waals surface area (Å²) in [7, 11) is 0. The molecule has 0 fully saturated rings. The Bertz CT molecular complexity index is 1100. The summed E-state index contributed by atoms with van der Waals surface area (Å²) < 4.78 is 13.1. The van der Waals surface area contributed by atoms with Crippen LogP contribution in [0.2, 0.25) is 0 Å². The van der Waals surface area contributed by atoms with Crippen molar-refractivity contribution in [2.24, 2.45) is 5.92 Å². The Morgan fingerprint density at radius 2 is 2.04 bits per heavy atom. The van der Waals surface area contributed by atoms with Gasteiger partial charge in [0.2, 0.25) is 5.82 Å². The van der Waals surface area contributed by atoms with E-state index in [0.717, 1.165) is 23.1 Å². The van der Waals surface area contributed by atoms with E-state index in [1.807, 2.05) is 0 Å². The van der Waals surface area contributed by atoms with E-state index < -0.39 is 0 Å². The first-order valence-corrected chi connectivity index (χ1v) is 9.32. The molecule has 0 aliphatic heterocycles. The lowest BCUT2D eigenvalue weighted by atomic mass is 9.89. The van der Waals surface area contributed by atoms with Gasteiger partial charge in [0, 0.05) is 10.4 Å². The van der Waals surface area contributed by atoms with E-state index in [4.69, 9.17) is 0 Å². The van der Waals surface area contributed by atoms with Crippen LogP contribution >= 0.6 is 11.3 Å². The van der Waals surface area contributed by atoms with E-state index in [1.165, 1.54) is 33.8 Å². The molecule has 130 valence electrons. The second-order valence-electron chi connectivity index (χ2n) is 6.64. The number of aromatic nitrogens is 6. The van der Waals surface area contributed by atoms with Crippen LogP contribution in [0.25, 0.3) is 27.4 Å². The van der Waals surface area contributed by atoms with E-state index in [2.05, 4.69) is 32.3 Å². The summed E-state index contributed by atoms with van der Waals surface area (Å²) in [6.45, 7) is 2.29. The van der Waals surface area contributed by atoms with Crippen molar-refractivity contribution in [1.29, 1.82) is 0 Å². The summed E-state index contributed by atoms with van der Waals surface area (Å²) in [6, 6.07) is 6.05. The lowest BCUT2D eigenvalue weighted by Crippen LogP contribution is -2.10. The molecule has 0 amide bonds. The molecule has 0 N–H and O–H groups in total. The summed E-state index contributed by atoms with van der Waals surface area (Å²) in [5, 5.41) is 13.8. The minimum atomic E-state index is -0.294. The van der Waals surface area contributed by atoms with Crippen LogP contribution in [0.4, 0.5) is 4.39 Å². The average Bonchev–Trinajstić information content (AvgIpc) is 3.26. The molecule has 4 aromatic rings. The summed E-state index contributed by atoms with van der Waals surface area (Å²) in [6.07, 6.45) is 4.82. The number of hydrogen-bond acceptors (Lipinski definition) is 6. The molecular formula is C18H15FN6S. The molecule has 1 aliphatic carbocycles. The molecule has 8 heteroatoms. The minimum absolute atomic E-state index is 0.294. The Labute approximate surface area is 152 Å². The Morgan fingerprint density at radius 1 is 1.19 bits per heavy atom. The van der Waals surface area contributed by atoms with E-state index in [1.54, 1.807) is 29.8 Å². The number of tetrazole rings is 1. The highest BCUT2D eigenvalue weighted by molar-refractivity contribution is 7.18. The number of aryl methyl sites for hydroxylation is 1. The molecule has 1 atom stereocenters. The van der Waals surface area contributed by atoms with Gasteiger partial charge in [-0.05, 0) is 60.2 Å². The van der Waals surface area contributed by atoms with Crippen LogP contribution in [0.15, 0.2) is 30.6 Å².